The number of amides is 1. The van der Waals surface area contributed by atoms with Crippen LogP contribution in [0, 0.1) is 6.92 Å². The van der Waals surface area contributed by atoms with Gasteiger partial charge in [0.15, 0.2) is 17.6 Å². The van der Waals surface area contributed by atoms with E-state index in [4.69, 9.17) is 4.74 Å². The summed E-state index contributed by atoms with van der Waals surface area (Å²) in [5.74, 6) is -1.18. The molecule has 2 N–H and O–H groups in total. The van der Waals surface area contributed by atoms with E-state index in [9.17, 15) is 45.8 Å². The van der Waals surface area contributed by atoms with Gasteiger partial charge in [-0.3, -0.25) is 19.1 Å². The van der Waals surface area contributed by atoms with Crippen molar-refractivity contribution in [2.45, 2.75) is 38.5 Å². The lowest BCUT2D eigenvalue weighted by molar-refractivity contribution is -0.275. The number of rotatable bonds is 7. The van der Waals surface area contributed by atoms with Crippen molar-refractivity contribution in [1.82, 2.24) is 14.5 Å². The number of benzene rings is 2. The van der Waals surface area contributed by atoms with Crippen molar-refractivity contribution >= 4 is 27.5 Å². The number of hydrogen-bond donors (Lipinski definition) is 2. The summed E-state index contributed by atoms with van der Waals surface area (Å²) in [6, 6.07) is 9.27. The normalized spacial score (nSPS) is 14.5. The Morgan fingerprint density at radius 1 is 1.05 bits per heavy atom. The number of thiophene rings is 1. The number of hydrogen-bond acceptors (Lipinski definition) is 7. The zero-order chi connectivity index (χ0) is 31.3. The highest BCUT2D eigenvalue weighted by Gasteiger charge is 2.39. The van der Waals surface area contributed by atoms with Crippen molar-refractivity contribution < 1.29 is 45.7 Å². The molecule has 1 amide bonds. The van der Waals surface area contributed by atoms with Crippen LogP contribution in [-0.4, -0.2) is 57.2 Å². The lowest BCUT2D eigenvalue weighted by Crippen LogP contribution is -2.41. The monoisotopic (exact) mass is 629 g/mol. The Bertz CT molecular complexity index is 1810. The molecule has 0 radical (unpaired) electrons. The van der Waals surface area contributed by atoms with Gasteiger partial charge in [-0.25, -0.2) is 4.79 Å². The van der Waals surface area contributed by atoms with Crippen molar-refractivity contribution in [2.75, 3.05) is 13.1 Å². The molecule has 4 aromatic rings. The minimum Gasteiger partial charge on any atom is -0.453 e. The third-order valence-corrected chi connectivity index (χ3v) is 8.07. The number of carbonyl (C=O) groups excluding carboxylic acids is 1. The maximum atomic E-state index is 13.3. The van der Waals surface area contributed by atoms with Crippen molar-refractivity contribution in [3.63, 3.8) is 0 Å². The number of likely N-dealkylation sites (tertiary alicyclic amines) is 1. The average molecular weight is 630 g/mol. The van der Waals surface area contributed by atoms with Gasteiger partial charge in [0.25, 0.3) is 11.5 Å². The Balaban J connectivity index is 1.53. The third-order valence-electron chi connectivity index (χ3n) is 6.70. The molecule has 0 saturated carbocycles. The van der Waals surface area contributed by atoms with Crippen molar-refractivity contribution in [3.8, 4) is 27.7 Å². The number of ether oxygens (including phenoxy) is 2. The predicted octanol–water partition coefficient (Wildman–Crippen LogP) is 5.19. The van der Waals surface area contributed by atoms with Crippen LogP contribution in [-0.2, 0) is 6.54 Å². The summed E-state index contributed by atoms with van der Waals surface area (Å²) in [4.78, 5) is 40.8. The topological polar surface area (TPSA) is 114 Å². The van der Waals surface area contributed by atoms with E-state index in [0.29, 0.717) is 34.6 Å². The highest BCUT2D eigenvalue weighted by molar-refractivity contribution is 7.22. The molecule has 16 heteroatoms. The summed E-state index contributed by atoms with van der Waals surface area (Å²) in [5, 5.41) is 9.37. The average Bonchev–Trinajstić information content (AvgIpc) is 3.22. The fourth-order valence-corrected chi connectivity index (χ4v) is 5.73. The second-order valence-electron chi connectivity index (χ2n) is 9.65. The first kappa shape index (κ1) is 30.2. The first-order chi connectivity index (χ1) is 20.1. The molecule has 0 bridgehead atoms. The molecule has 0 aliphatic carbocycles. The number of halogens is 6. The van der Waals surface area contributed by atoms with Gasteiger partial charge in [-0.05, 0) is 66.9 Å². The molecule has 1 atom stereocenters. The maximum Gasteiger partial charge on any atom is 0.573 e. The standard InChI is InChI=1S/C27H21F6N3O6S/c1-13-20-22(38)34-25(40)36(12-19(37)26(28,29)30)24(20)43-21(13)15-5-8-17(18(11-15)42-27(31,32)33)41-16-6-3-14(4-7-16)23(39)35-9-2-10-35/h3-8,11,19,37H,2,9-10,12H2,1H3,(H,34,38,40)/t19-/m1/s1. The van der Waals surface area contributed by atoms with E-state index in [0.717, 1.165) is 12.5 Å². The molecule has 0 spiro atoms. The number of aromatic nitrogens is 2. The van der Waals surface area contributed by atoms with Crippen LogP contribution in [0.2, 0.25) is 0 Å². The SMILES string of the molecule is Cc1c(-c2ccc(Oc3ccc(C(=O)N4CCC4)cc3)c(OC(F)(F)F)c2)sc2c1c(=O)[nH]c(=O)n2C[C@@H](O)C(F)(F)F. The fraction of sp³-hybridized carbons (Fsp3) is 0.296. The molecule has 43 heavy (non-hydrogen) atoms. The molecule has 1 saturated heterocycles. The number of carbonyl (C=O) groups is 1. The Kier molecular flexibility index (Phi) is 7.77. The Hall–Kier alpha value is -4.31. The van der Waals surface area contributed by atoms with Crippen molar-refractivity contribution in [1.29, 1.82) is 0 Å². The van der Waals surface area contributed by atoms with Crippen LogP contribution in [0.5, 0.6) is 17.2 Å². The van der Waals surface area contributed by atoms with Gasteiger partial charge in [0, 0.05) is 23.5 Å². The lowest BCUT2D eigenvalue weighted by atomic mass is 10.1. The number of alkyl halides is 6. The molecule has 2 aromatic carbocycles. The molecule has 1 aliphatic rings. The largest absolute Gasteiger partial charge is 0.573 e. The van der Waals surface area contributed by atoms with E-state index in [1.165, 1.54) is 43.3 Å². The number of fused-ring (bicyclic) bond motifs is 1. The van der Waals surface area contributed by atoms with Crippen LogP contribution in [0.4, 0.5) is 26.3 Å². The van der Waals surface area contributed by atoms with Crippen LogP contribution < -0.4 is 20.7 Å². The number of aliphatic hydroxyl groups excluding tert-OH is 1. The highest BCUT2D eigenvalue weighted by atomic mass is 32.1. The molecule has 1 aliphatic heterocycles. The molecule has 0 unspecified atom stereocenters. The molecule has 3 heterocycles. The van der Waals surface area contributed by atoms with E-state index in [1.807, 2.05) is 4.98 Å². The number of aryl methyl sites for hydroxylation is 1. The van der Waals surface area contributed by atoms with E-state index in [-0.39, 0.29) is 43.6 Å². The number of H-pyrrole nitrogens is 1. The van der Waals surface area contributed by atoms with E-state index in [1.54, 1.807) is 4.90 Å². The summed E-state index contributed by atoms with van der Waals surface area (Å²) in [7, 11) is 0. The van der Waals surface area contributed by atoms with Crippen LogP contribution in [0.1, 0.15) is 22.3 Å². The van der Waals surface area contributed by atoms with Crippen LogP contribution in [0.3, 0.4) is 0 Å². The Morgan fingerprint density at radius 3 is 2.30 bits per heavy atom. The number of nitrogens with one attached hydrogen (secondary N) is 1. The van der Waals surface area contributed by atoms with Gasteiger partial charge in [-0.2, -0.15) is 13.2 Å². The molecular formula is C27H21F6N3O6S. The lowest BCUT2D eigenvalue weighted by Gasteiger charge is -2.30. The van der Waals surface area contributed by atoms with Crippen LogP contribution in [0.15, 0.2) is 52.1 Å². The fourth-order valence-electron chi connectivity index (χ4n) is 4.43. The summed E-state index contributed by atoms with van der Waals surface area (Å²) >= 11 is 0.685. The summed E-state index contributed by atoms with van der Waals surface area (Å²) in [6.07, 6.45) is -12.2. The van der Waals surface area contributed by atoms with Crippen molar-refractivity contribution in [3.05, 3.63) is 74.4 Å². The second kappa shape index (κ2) is 11.1. The van der Waals surface area contributed by atoms with E-state index in [2.05, 4.69) is 4.74 Å². The number of aromatic amines is 1. The third kappa shape index (κ3) is 6.24. The molecule has 1 fully saturated rings. The van der Waals surface area contributed by atoms with Gasteiger partial charge >= 0.3 is 18.2 Å². The first-order valence-electron chi connectivity index (χ1n) is 12.6. The highest BCUT2D eigenvalue weighted by Crippen LogP contribution is 2.42. The molecule has 9 nitrogen and oxygen atoms in total. The van der Waals surface area contributed by atoms with Gasteiger partial charge in [0.05, 0.1) is 11.9 Å². The molecule has 5 rings (SSSR count). The maximum absolute atomic E-state index is 13.3. The quantitative estimate of drug-likeness (QED) is 0.272. The van der Waals surface area contributed by atoms with Gasteiger partial charge in [-0.1, -0.05) is 0 Å². The minimum atomic E-state index is -5.13. The smallest absolute Gasteiger partial charge is 0.453 e. The zero-order valence-electron chi connectivity index (χ0n) is 22.0. The minimum absolute atomic E-state index is 0.0792. The number of aliphatic hydroxyl groups is 1. The van der Waals surface area contributed by atoms with Crippen LogP contribution >= 0.6 is 11.3 Å². The number of nitrogens with zero attached hydrogens (tertiary/aromatic N) is 2. The zero-order valence-corrected chi connectivity index (χ0v) is 22.8. The van der Waals surface area contributed by atoms with Crippen LogP contribution in [0.25, 0.3) is 20.7 Å². The Labute approximate surface area is 241 Å². The molecule has 2 aromatic heterocycles. The van der Waals surface area contributed by atoms with Gasteiger partial charge < -0.3 is 19.5 Å². The summed E-state index contributed by atoms with van der Waals surface area (Å²) in [5.41, 5.74) is -1.48. The summed E-state index contributed by atoms with van der Waals surface area (Å²) in [6.45, 7) is 1.48. The molecular weight excluding hydrogens is 608 g/mol. The van der Waals surface area contributed by atoms with Crippen molar-refractivity contribution in [2.24, 2.45) is 0 Å². The first-order valence-corrected chi connectivity index (χ1v) is 13.4. The Morgan fingerprint density at radius 2 is 1.72 bits per heavy atom. The molecule has 228 valence electrons. The van der Waals surface area contributed by atoms with Gasteiger partial charge in [0.1, 0.15) is 10.6 Å². The van der Waals surface area contributed by atoms with E-state index >= 15 is 0 Å². The van der Waals surface area contributed by atoms with Gasteiger partial charge in [0.2, 0.25) is 0 Å². The predicted molar refractivity (Wildman–Crippen MR) is 143 cm³/mol. The van der Waals surface area contributed by atoms with Gasteiger partial charge in [-0.15, -0.1) is 24.5 Å². The second-order valence-corrected chi connectivity index (χ2v) is 10.6. The van der Waals surface area contributed by atoms with E-state index < -0.39 is 42.2 Å². The summed E-state index contributed by atoms with van der Waals surface area (Å²) < 4.78 is 89.4.